The summed E-state index contributed by atoms with van der Waals surface area (Å²) in [4.78, 5) is 68.5. The molecule has 0 saturated heterocycles. The third-order valence-corrected chi connectivity index (χ3v) is 6.97. The number of halogens is 1. The summed E-state index contributed by atoms with van der Waals surface area (Å²) in [7, 11) is 0. The lowest BCUT2D eigenvalue weighted by molar-refractivity contribution is -0.120. The third-order valence-electron chi connectivity index (χ3n) is 5.56. The van der Waals surface area contributed by atoms with Crippen LogP contribution in [-0.2, 0) is 19.1 Å². The number of imide groups is 1. The van der Waals surface area contributed by atoms with Crippen molar-refractivity contribution in [3.8, 4) is 0 Å². The van der Waals surface area contributed by atoms with Crippen LogP contribution in [0.2, 0.25) is 0 Å². The molecule has 1 aromatic heterocycles. The first-order chi connectivity index (χ1) is 19.2. The number of amides is 3. The molecule has 2 aromatic carbocycles. The number of esters is 2. The van der Waals surface area contributed by atoms with Crippen molar-refractivity contribution in [2.75, 3.05) is 28.7 Å². The highest BCUT2D eigenvalue weighted by molar-refractivity contribution is 7.17. The smallest absolute Gasteiger partial charge is 0.350 e. The molecule has 1 aliphatic heterocycles. The number of rotatable bonds is 9. The molecule has 2 heterocycles. The normalized spacial score (nSPS) is 12.9. The van der Waals surface area contributed by atoms with Gasteiger partial charge in [0.25, 0.3) is 17.7 Å². The molecule has 40 heavy (non-hydrogen) atoms. The molecule has 0 bridgehead atoms. The van der Waals surface area contributed by atoms with E-state index < -0.39 is 29.7 Å². The second-order valence-corrected chi connectivity index (χ2v) is 9.56. The molecule has 13 heteroatoms. The lowest BCUT2D eigenvalue weighted by atomic mass is 10.1. The van der Waals surface area contributed by atoms with Gasteiger partial charge in [0.2, 0.25) is 0 Å². The van der Waals surface area contributed by atoms with Crippen molar-refractivity contribution in [3.63, 3.8) is 0 Å². The number of nitrogens with zero attached hydrogens (tertiary/aromatic N) is 2. The maximum atomic E-state index is 13.2. The summed E-state index contributed by atoms with van der Waals surface area (Å²) in [5.74, 6) is -3.23. The first-order valence-electron chi connectivity index (χ1n) is 12.0. The van der Waals surface area contributed by atoms with E-state index in [1.807, 2.05) is 0 Å². The van der Waals surface area contributed by atoms with E-state index >= 15 is 0 Å². The van der Waals surface area contributed by atoms with Crippen LogP contribution in [0, 0.1) is 6.92 Å². The molecule has 0 spiro atoms. The number of benzene rings is 2. The number of para-hydroxylation sites is 1. The van der Waals surface area contributed by atoms with E-state index in [2.05, 4.69) is 15.6 Å². The lowest BCUT2D eigenvalue weighted by Crippen LogP contribution is -2.33. The molecule has 2 N–H and O–H groups in total. The number of carbonyl (C=O) groups excluding carboxylic acids is 5. The SMILES string of the molecule is CCOC(=O)c1ccccc1N1C(=O)C(Cl)=C(Nc2ccc(C(=O)Nc3nc(C)c(C(=O)OCC)s3)cc2)C1=O. The van der Waals surface area contributed by atoms with Gasteiger partial charge < -0.3 is 14.8 Å². The number of anilines is 3. The van der Waals surface area contributed by atoms with Crippen molar-refractivity contribution in [1.82, 2.24) is 4.98 Å². The maximum Gasteiger partial charge on any atom is 0.350 e. The van der Waals surface area contributed by atoms with Gasteiger partial charge in [-0.25, -0.2) is 19.5 Å². The van der Waals surface area contributed by atoms with Gasteiger partial charge in [0.05, 0.1) is 30.2 Å². The zero-order valence-corrected chi connectivity index (χ0v) is 23.1. The number of aromatic nitrogens is 1. The number of thiazole rings is 1. The van der Waals surface area contributed by atoms with Crippen LogP contribution in [0.1, 0.15) is 49.9 Å². The van der Waals surface area contributed by atoms with Crippen LogP contribution < -0.4 is 15.5 Å². The van der Waals surface area contributed by atoms with Crippen LogP contribution in [0.3, 0.4) is 0 Å². The number of hydrogen-bond acceptors (Lipinski definition) is 10. The van der Waals surface area contributed by atoms with Gasteiger partial charge in [-0.15, -0.1) is 0 Å². The van der Waals surface area contributed by atoms with Gasteiger partial charge in [-0.2, -0.15) is 0 Å². The molecule has 1 aliphatic rings. The average Bonchev–Trinajstić information content (AvgIpc) is 3.40. The summed E-state index contributed by atoms with van der Waals surface area (Å²) in [5, 5.41) is 5.34. The molecule has 11 nitrogen and oxygen atoms in total. The first-order valence-corrected chi connectivity index (χ1v) is 13.2. The Morgan fingerprint density at radius 1 is 0.950 bits per heavy atom. The monoisotopic (exact) mass is 582 g/mol. The Bertz CT molecular complexity index is 1550. The number of nitrogens with one attached hydrogen (secondary N) is 2. The topological polar surface area (TPSA) is 144 Å². The minimum absolute atomic E-state index is 0.0388. The van der Waals surface area contributed by atoms with Gasteiger partial charge in [0, 0.05) is 11.3 Å². The molecular formula is C27H23ClN4O7S. The van der Waals surface area contributed by atoms with Crippen LogP contribution in [0.4, 0.5) is 16.5 Å². The summed E-state index contributed by atoms with van der Waals surface area (Å²) >= 11 is 7.23. The Balaban J connectivity index is 1.48. The van der Waals surface area contributed by atoms with Gasteiger partial charge in [0.1, 0.15) is 15.6 Å². The molecule has 0 aliphatic carbocycles. The minimum Gasteiger partial charge on any atom is -0.462 e. The summed E-state index contributed by atoms with van der Waals surface area (Å²) < 4.78 is 10.0. The van der Waals surface area contributed by atoms with Crippen molar-refractivity contribution >= 4 is 69.1 Å². The summed E-state index contributed by atoms with van der Waals surface area (Å²) in [6.07, 6.45) is 0. The third kappa shape index (κ3) is 5.72. The molecular weight excluding hydrogens is 560 g/mol. The molecule has 4 rings (SSSR count). The molecule has 3 amide bonds. The van der Waals surface area contributed by atoms with Gasteiger partial charge in [-0.05, 0) is 57.2 Å². The summed E-state index contributed by atoms with van der Waals surface area (Å²) in [6, 6.07) is 12.1. The number of ether oxygens (including phenoxy) is 2. The predicted octanol–water partition coefficient (Wildman–Crippen LogP) is 4.49. The van der Waals surface area contributed by atoms with Crippen LogP contribution in [-0.4, -0.2) is 47.9 Å². The Morgan fingerprint density at radius 2 is 1.60 bits per heavy atom. The minimum atomic E-state index is -0.803. The lowest BCUT2D eigenvalue weighted by Gasteiger charge is -2.18. The van der Waals surface area contributed by atoms with Crippen LogP contribution in [0.15, 0.2) is 59.3 Å². The zero-order chi connectivity index (χ0) is 29.0. The Hall–Kier alpha value is -4.55. The Kier molecular flexibility index (Phi) is 8.61. The van der Waals surface area contributed by atoms with Crippen LogP contribution in [0.5, 0.6) is 0 Å². The molecule has 0 atom stereocenters. The highest BCUT2D eigenvalue weighted by atomic mass is 35.5. The second kappa shape index (κ2) is 12.1. The zero-order valence-electron chi connectivity index (χ0n) is 21.6. The Morgan fingerprint density at radius 3 is 2.27 bits per heavy atom. The molecule has 0 radical (unpaired) electrons. The van der Waals surface area contributed by atoms with Gasteiger partial charge in [0.15, 0.2) is 5.13 Å². The van der Waals surface area contributed by atoms with E-state index in [1.54, 1.807) is 32.9 Å². The Labute approximate surface area is 237 Å². The van der Waals surface area contributed by atoms with Gasteiger partial charge in [-0.1, -0.05) is 35.1 Å². The fraction of sp³-hybridized carbons (Fsp3) is 0.185. The fourth-order valence-corrected chi connectivity index (χ4v) is 4.80. The van der Waals surface area contributed by atoms with Gasteiger partial charge in [-0.3, -0.25) is 19.7 Å². The largest absolute Gasteiger partial charge is 0.462 e. The molecule has 0 unspecified atom stereocenters. The quantitative estimate of drug-likeness (QED) is 0.275. The molecule has 3 aromatic rings. The molecule has 0 fully saturated rings. The number of hydrogen-bond donors (Lipinski definition) is 2. The molecule has 206 valence electrons. The highest BCUT2D eigenvalue weighted by Crippen LogP contribution is 2.32. The average molecular weight is 583 g/mol. The van der Waals surface area contributed by atoms with Crippen molar-refractivity contribution in [2.45, 2.75) is 20.8 Å². The summed E-state index contributed by atoms with van der Waals surface area (Å²) in [5.41, 5.74) is 0.986. The molecule has 0 saturated carbocycles. The predicted molar refractivity (Wildman–Crippen MR) is 149 cm³/mol. The van der Waals surface area contributed by atoms with Gasteiger partial charge >= 0.3 is 11.9 Å². The van der Waals surface area contributed by atoms with E-state index in [4.69, 9.17) is 21.1 Å². The van der Waals surface area contributed by atoms with E-state index in [-0.39, 0.29) is 45.9 Å². The highest BCUT2D eigenvalue weighted by Gasteiger charge is 2.40. The van der Waals surface area contributed by atoms with Crippen molar-refractivity contribution in [1.29, 1.82) is 0 Å². The number of carbonyl (C=O) groups is 5. The fourth-order valence-electron chi connectivity index (χ4n) is 3.73. The first kappa shape index (κ1) is 28.5. The van der Waals surface area contributed by atoms with E-state index in [0.29, 0.717) is 16.3 Å². The van der Waals surface area contributed by atoms with Crippen molar-refractivity contribution < 1.29 is 33.4 Å². The van der Waals surface area contributed by atoms with E-state index in [0.717, 1.165) is 16.2 Å². The summed E-state index contributed by atoms with van der Waals surface area (Å²) in [6.45, 7) is 5.32. The van der Waals surface area contributed by atoms with Crippen molar-refractivity contribution in [2.24, 2.45) is 0 Å². The van der Waals surface area contributed by atoms with Crippen LogP contribution >= 0.6 is 22.9 Å². The van der Waals surface area contributed by atoms with Crippen molar-refractivity contribution in [3.05, 3.63) is 81.0 Å². The standard InChI is InChI=1S/C27H23ClN4O7S/c1-4-38-25(36)17-8-6-7-9-18(17)32-23(34)19(28)20(24(32)35)30-16-12-10-15(11-13-16)22(33)31-27-29-14(3)21(40-27)26(37)39-5-2/h6-13,30H,4-5H2,1-3H3,(H,29,31,33). The number of aryl methyl sites for hydroxylation is 1. The van der Waals surface area contributed by atoms with E-state index in [1.165, 1.54) is 36.4 Å². The maximum absolute atomic E-state index is 13.2. The van der Waals surface area contributed by atoms with Crippen LogP contribution in [0.25, 0.3) is 0 Å². The van der Waals surface area contributed by atoms with E-state index in [9.17, 15) is 24.0 Å². The second-order valence-electron chi connectivity index (χ2n) is 8.18.